The van der Waals surface area contributed by atoms with Crippen LogP contribution in [-0.2, 0) is 0 Å². The second kappa shape index (κ2) is 4.80. The Morgan fingerprint density at radius 3 is 2.57 bits per heavy atom. The van der Waals surface area contributed by atoms with Crippen molar-refractivity contribution in [1.82, 2.24) is 3.53 Å². The van der Waals surface area contributed by atoms with E-state index in [4.69, 9.17) is 5.73 Å². The van der Waals surface area contributed by atoms with Gasteiger partial charge in [-0.05, 0) is 6.42 Å². The summed E-state index contributed by atoms with van der Waals surface area (Å²) in [6.07, 6.45) is 1.05. The molecule has 0 aromatic heterocycles. The lowest BCUT2D eigenvalue weighted by molar-refractivity contribution is 0.648. The highest BCUT2D eigenvalue weighted by Crippen LogP contribution is 1.82. The van der Waals surface area contributed by atoms with Crippen LogP contribution < -0.4 is 9.26 Å². The molecule has 0 spiro atoms. The molecule has 0 rings (SSSR count). The number of hydrogen-bond acceptors (Lipinski definition) is 2. The Morgan fingerprint density at radius 2 is 2.43 bits per heavy atom. The molecule has 2 nitrogen and oxygen atoms in total. The SMILES string of the molecule is CCC(N)CNI. The molecule has 1 unspecified atom stereocenters. The molecule has 0 radical (unpaired) electrons. The fourth-order valence-corrected chi connectivity index (χ4v) is 0.809. The molecule has 0 saturated carbocycles. The van der Waals surface area contributed by atoms with Crippen LogP contribution in [0.3, 0.4) is 0 Å². The van der Waals surface area contributed by atoms with Gasteiger partial charge in [0.2, 0.25) is 0 Å². The highest BCUT2D eigenvalue weighted by atomic mass is 127. The van der Waals surface area contributed by atoms with Crippen molar-refractivity contribution in [3.63, 3.8) is 0 Å². The summed E-state index contributed by atoms with van der Waals surface area (Å²) in [4.78, 5) is 0. The van der Waals surface area contributed by atoms with Crippen molar-refractivity contribution in [3.05, 3.63) is 0 Å². The molecule has 44 valence electrons. The van der Waals surface area contributed by atoms with Crippen LogP contribution in [0.15, 0.2) is 0 Å². The van der Waals surface area contributed by atoms with Crippen LogP contribution in [0.4, 0.5) is 0 Å². The molecule has 0 aromatic rings. The number of hydrogen-bond donors (Lipinski definition) is 2. The van der Waals surface area contributed by atoms with Crippen molar-refractivity contribution in [2.45, 2.75) is 19.4 Å². The van der Waals surface area contributed by atoms with E-state index in [2.05, 4.69) is 33.3 Å². The van der Waals surface area contributed by atoms with Crippen LogP contribution in [0.2, 0.25) is 0 Å². The Balaban J connectivity index is 2.83. The summed E-state index contributed by atoms with van der Waals surface area (Å²) in [7, 11) is 0. The third kappa shape index (κ3) is 4.50. The van der Waals surface area contributed by atoms with Gasteiger partial charge in [-0.15, -0.1) is 0 Å². The van der Waals surface area contributed by atoms with E-state index in [-0.39, 0.29) is 0 Å². The quantitative estimate of drug-likeness (QED) is 0.535. The summed E-state index contributed by atoms with van der Waals surface area (Å²) in [5.74, 6) is 0. The zero-order valence-electron chi connectivity index (χ0n) is 4.45. The molecular weight excluding hydrogens is 203 g/mol. The first kappa shape index (κ1) is 7.65. The molecule has 7 heavy (non-hydrogen) atoms. The smallest absolute Gasteiger partial charge is 0.0202 e. The van der Waals surface area contributed by atoms with E-state index in [1.54, 1.807) is 0 Å². The average molecular weight is 214 g/mol. The molecule has 0 fully saturated rings. The molecule has 3 N–H and O–H groups in total. The predicted octanol–water partition coefficient (Wildman–Crippen LogP) is 0.663. The van der Waals surface area contributed by atoms with Gasteiger partial charge in [-0.3, -0.25) is 3.53 Å². The normalized spacial score (nSPS) is 14.1. The lowest BCUT2D eigenvalue weighted by Crippen LogP contribution is -2.28. The Labute approximate surface area is 58.3 Å². The number of nitrogens with one attached hydrogen (secondary N) is 1. The van der Waals surface area contributed by atoms with E-state index in [9.17, 15) is 0 Å². The monoisotopic (exact) mass is 214 g/mol. The van der Waals surface area contributed by atoms with E-state index in [0.29, 0.717) is 6.04 Å². The minimum absolute atomic E-state index is 0.330. The average Bonchev–Trinajstić information content (AvgIpc) is 1.68. The first-order valence-corrected chi connectivity index (χ1v) is 3.48. The van der Waals surface area contributed by atoms with Gasteiger partial charge >= 0.3 is 0 Å². The van der Waals surface area contributed by atoms with Crippen LogP contribution in [0.25, 0.3) is 0 Å². The standard InChI is InChI=1S/C4H11IN2/c1-2-4(6)3-7-5/h4,7H,2-3,6H2,1H3. The zero-order valence-corrected chi connectivity index (χ0v) is 6.60. The molecule has 0 amide bonds. The van der Waals surface area contributed by atoms with Crippen LogP contribution in [0.1, 0.15) is 13.3 Å². The van der Waals surface area contributed by atoms with Crippen LogP contribution in [0, 0.1) is 0 Å². The summed E-state index contributed by atoms with van der Waals surface area (Å²) in [5, 5.41) is 0. The van der Waals surface area contributed by atoms with Gasteiger partial charge in [0.05, 0.1) is 0 Å². The lowest BCUT2D eigenvalue weighted by Gasteiger charge is -2.03. The third-order valence-electron chi connectivity index (χ3n) is 0.864. The Hall–Kier alpha value is 0.650. The first-order chi connectivity index (χ1) is 3.31. The molecule has 1 atom stereocenters. The Kier molecular flexibility index (Phi) is 5.25. The highest BCUT2D eigenvalue weighted by Gasteiger charge is 1.92. The van der Waals surface area contributed by atoms with E-state index in [1.165, 1.54) is 0 Å². The molecule has 0 heterocycles. The predicted molar refractivity (Wildman–Crippen MR) is 40.3 cm³/mol. The molecule has 0 saturated heterocycles. The fourth-order valence-electron chi connectivity index (χ4n) is 0.243. The topological polar surface area (TPSA) is 38.0 Å². The minimum Gasteiger partial charge on any atom is -0.327 e. The maximum Gasteiger partial charge on any atom is 0.0202 e. The van der Waals surface area contributed by atoms with Gasteiger partial charge in [0.25, 0.3) is 0 Å². The minimum atomic E-state index is 0.330. The molecule has 0 aromatic carbocycles. The van der Waals surface area contributed by atoms with Gasteiger partial charge < -0.3 is 5.73 Å². The first-order valence-electron chi connectivity index (χ1n) is 2.40. The van der Waals surface area contributed by atoms with Crippen LogP contribution in [-0.4, -0.2) is 12.6 Å². The molecule has 3 heteroatoms. The zero-order chi connectivity index (χ0) is 5.70. The number of nitrogens with two attached hydrogens (primary N) is 1. The highest BCUT2D eigenvalue weighted by molar-refractivity contribution is 14.1. The second-order valence-electron chi connectivity index (χ2n) is 1.51. The van der Waals surface area contributed by atoms with Crippen LogP contribution >= 0.6 is 22.9 Å². The third-order valence-corrected chi connectivity index (χ3v) is 1.30. The summed E-state index contributed by atoms with van der Waals surface area (Å²) in [5.41, 5.74) is 5.52. The Morgan fingerprint density at radius 1 is 1.86 bits per heavy atom. The maximum atomic E-state index is 5.52. The summed E-state index contributed by atoms with van der Waals surface area (Å²) >= 11 is 2.10. The largest absolute Gasteiger partial charge is 0.327 e. The van der Waals surface area contributed by atoms with E-state index >= 15 is 0 Å². The van der Waals surface area contributed by atoms with Gasteiger partial charge in [-0.25, -0.2) is 0 Å². The van der Waals surface area contributed by atoms with Crippen molar-refractivity contribution in [2.24, 2.45) is 5.73 Å². The van der Waals surface area contributed by atoms with Crippen molar-refractivity contribution in [3.8, 4) is 0 Å². The van der Waals surface area contributed by atoms with E-state index < -0.39 is 0 Å². The summed E-state index contributed by atoms with van der Waals surface area (Å²) in [6, 6.07) is 0.330. The van der Waals surface area contributed by atoms with Crippen molar-refractivity contribution < 1.29 is 0 Å². The van der Waals surface area contributed by atoms with E-state index in [0.717, 1.165) is 13.0 Å². The molecule has 0 aliphatic heterocycles. The van der Waals surface area contributed by atoms with Gasteiger partial charge in [-0.2, -0.15) is 0 Å². The summed E-state index contributed by atoms with van der Waals surface area (Å²) in [6.45, 7) is 3.00. The second-order valence-corrected chi connectivity index (χ2v) is 2.27. The molecule has 0 aliphatic rings. The molecular formula is C4H11IN2. The van der Waals surface area contributed by atoms with Crippen LogP contribution in [0.5, 0.6) is 0 Å². The number of rotatable bonds is 3. The van der Waals surface area contributed by atoms with Crippen molar-refractivity contribution >= 4 is 22.9 Å². The molecule has 0 bridgehead atoms. The Bertz CT molecular complexity index is 40.7. The molecule has 0 aliphatic carbocycles. The van der Waals surface area contributed by atoms with E-state index in [1.807, 2.05) is 0 Å². The van der Waals surface area contributed by atoms with Crippen molar-refractivity contribution in [1.29, 1.82) is 0 Å². The maximum absolute atomic E-state index is 5.52. The van der Waals surface area contributed by atoms with Gasteiger partial charge in [0, 0.05) is 35.5 Å². The summed E-state index contributed by atoms with van der Waals surface area (Å²) < 4.78 is 2.96. The lowest BCUT2D eigenvalue weighted by atomic mass is 10.2. The van der Waals surface area contributed by atoms with Gasteiger partial charge in [0.15, 0.2) is 0 Å². The van der Waals surface area contributed by atoms with Gasteiger partial charge in [-0.1, -0.05) is 6.92 Å². The number of halogens is 1. The van der Waals surface area contributed by atoms with Gasteiger partial charge in [0.1, 0.15) is 0 Å². The van der Waals surface area contributed by atoms with Crippen molar-refractivity contribution in [2.75, 3.05) is 6.54 Å². The fraction of sp³-hybridized carbons (Fsp3) is 1.00.